The van der Waals surface area contributed by atoms with Gasteiger partial charge in [0.1, 0.15) is 10.8 Å². The molecule has 0 fully saturated rings. The van der Waals surface area contributed by atoms with Gasteiger partial charge in [-0.2, -0.15) is 0 Å². The summed E-state index contributed by atoms with van der Waals surface area (Å²) in [6.45, 7) is 7.05. The molecule has 0 saturated heterocycles. The van der Waals surface area contributed by atoms with E-state index in [9.17, 15) is 0 Å². The van der Waals surface area contributed by atoms with Crippen LogP contribution in [0.1, 0.15) is 31.4 Å². The molecule has 18 heavy (non-hydrogen) atoms. The average Bonchev–Trinajstić information content (AvgIpc) is 2.28. The Morgan fingerprint density at radius 1 is 1.56 bits per heavy atom. The Morgan fingerprint density at radius 2 is 2.22 bits per heavy atom. The van der Waals surface area contributed by atoms with Crippen molar-refractivity contribution in [1.82, 2.24) is 4.98 Å². The summed E-state index contributed by atoms with van der Waals surface area (Å²) in [4.78, 5) is 6.90. The topological polar surface area (TPSA) is 62.4 Å². The molecular weight excluding hydrogens is 246 g/mol. The van der Waals surface area contributed by atoms with Crippen molar-refractivity contribution in [3.63, 3.8) is 0 Å². The standard InChI is InChI=1S/C13H21N3OS/c1-9(2)16(7-4-8-17)13-11(12(14)18)10(3)5-6-15-13/h5-6,9,17H,4,7-8H2,1-3H3,(H2,14,18). The minimum Gasteiger partial charge on any atom is -0.396 e. The zero-order valence-corrected chi connectivity index (χ0v) is 12.0. The van der Waals surface area contributed by atoms with E-state index < -0.39 is 0 Å². The van der Waals surface area contributed by atoms with Gasteiger partial charge < -0.3 is 15.7 Å². The van der Waals surface area contributed by atoms with E-state index in [1.165, 1.54) is 0 Å². The number of aliphatic hydroxyl groups is 1. The number of hydrogen-bond acceptors (Lipinski definition) is 4. The Morgan fingerprint density at radius 3 is 2.72 bits per heavy atom. The minimum absolute atomic E-state index is 0.164. The Kier molecular flexibility index (Phi) is 5.50. The van der Waals surface area contributed by atoms with Crippen molar-refractivity contribution in [2.45, 2.75) is 33.2 Å². The first-order valence-corrected chi connectivity index (χ1v) is 6.52. The second-order valence-electron chi connectivity index (χ2n) is 4.56. The van der Waals surface area contributed by atoms with Crippen LogP contribution in [0, 0.1) is 6.92 Å². The van der Waals surface area contributed by atoms with Gasteiger partial charge in [0.25, 0.3) is 0 Å². The third kappa shape index (κ3) is 3.40. The number of rotatable bonds is 6. The lowest BCUT2D eigenvalue weighted by Crippen LogP contribution is -2.35. The van der Waals surface area contributed by atoms with Crippen molar-refractivity contribution in [3.8, 4) is 0 Å². The van der Waals surface area contributed by atoms with Crippen molar-refractivity contribution in [1.29, 1.82) is 0 Å². The molecule has 0 aliphatic carbocycles. The highest BCUT2D eigenvalue weighted by Gasteiger charge is 2.18. The molecule has 0 radical (unpaired) electrons. The molecule has 0 aliphatic rings. The Bertz CT molecular complexity index is 421. The van der Waals surface area contributed by atoms with Crippen LogP contribution in [0.4, 0.5) is 5.82 Å². The zero-order chi connectivity index (χ0) is 13.7. The third-order valence-electron chi connectivity index (χ3n) is 2.84. The fraction of sp³-hybridized carbons (Fsp3) is 0.538. The number of aryl methyl sites for hydroxylation is 1. The smallest absolute Gasteiger partial charge is 0.139 e. The van der Waals surface area contributed by atoms with Crippen LogP contribution in [0.15, 0.2) is 12.3 Å². The molecule has 0 unspecified atom stereocenters. The first-order valence-electron chi connectivity index (χ1n) is 6.12. The summed E-state index contributed by atoms with van der Waals surface area (Å²) in [5.74, 6) is 0.811. The van der Waals surface area contributed by atoms with E-state index in [1.807, 2.05) is 13.0 Å². The SMILES string of the molecule is Cc1ccnc(N(CCCO)C(C)C)c1C(N)=S. The van der Waals surface area contributed by atoms with Gasteiger partial charge in [-0.15, -0.1) is 0 Å². The first kappa shape index (κ1) is 14.9. The van der Waals surface area contributed by atoms with E-state index in [-0.39, 0.29) is 12.6 Å². The molecule has 1 aromatic heterocycles. The molecule has 1 aromatic rings. The fourth-order valence-corrected chi connectivity index (χ4v) is 2.17. The van der Waals surface area contributed by atoms with E-state index in [4.69, 9.17) is 23.1 Å². The fourth-order valence-electron chi connectivity index (χ4n) is 1.92. The number of hydrogen-bond donors (Lipinski definition) is 2. The van der Waals surface area contributed by atoms with Crippen LogP contribution in [0.2, 0.25) is 0 Å². The van der Waals surface area contributed by atoms with Gasteiger partial charge in [0.15, 0.2) is 0 Å². The van der Waals surface area contributed by atoms with Crippen LogP contribution in [-0.2, 0) is 0 Å². The van der Waals surface area contributed by atoms with Crippen LogP contribution in [0.25, 0.3) is 0 Å². The predicted octanol–water partition coefficient (Wildman–Crippen LogP) is 1.62. The number of pyridine rings is 1. The van der Waals surface area contributed by atoms with Gasteiger partial charge in [0.05, 0.1) is 5.56 Å². The van der Waals surface area contributed by atoms with Crippen LogP contribution < -0.4 is 10.6 Å². The maximum absolute atomic E-state index is 8.98. The van der Waals surface area contributed by atoms with Gasteiger partial charge in [-0.1, -0.05) is 12.2 Å². The molecule has 0 bridgehead atoms. The molecule has 4 nitrogen and oxygen atoms in total. The molecule has 0 aliphatic heterocycles. The second kappa shape index (κ2) is 6.66. The number of nitrogens with zero attached hydrogens (tertiary/aromatic N) is 2. The van der Waals surface area contributed by atoms with Crippen molar-refractivity contribution in [3.05, 3.63) is 23.4 Å². The molecule has 0 amide bonds. The van der Waals surface area contributed by atoms with Gasteiger partial charge in [0.2, 0.25) is 0 Å². The molecule has 0 saturated carbocycles. The highest BCUT2D eigenvalue weighted by molar-refractivity contribution is 7.80. The molecule has 3 N–H and O–H groups in total. The highest BCUT2D eigenvalue weighted by Crippen LogP contribution is 2.23. The molecule has 0 atom stereocenters. The largest absolute Gasteiger partial charge is 0.396 e. The Labute approximate surface area is 114 Å². The second-order valence-corrected chi connectivity index (χ2v) is 4.99. The zero-order valence-electron chi connectivity index (χ0n) is 11.2. The quantitative estimate of drug-likeness (QED) is 0.767. The predicted molar refractivity (Wildman–Crippen MR) is 79.0 cm³/mol. The van der Waals surface area contributed by atoms with E-state index in [1.54, 1.807) is 6.20 Å². The van der Waals surface area contributed by atoms with Crippen LogP contribution in [0.5, 0.6) is 0 Å². The molecule has 100 valence electrons. The molecule has 0 spiro atoms. The number of aromatic nitrogens is 1. The highest BCUT2D eigenvalue weighted by atomic mass is 32.1. The summed E-state index contributed by atoms with van der Waals surface area (Å²) in [6, 6.07) is 2.18. The lowest BCUT2D eigenvalue weighted by molar-refractivity contribution is 0.288. The lowest BCUT2D eigenvalue weighted by atomic mass is 10.1. The van der Waals surface area contributed by atoms with Gasteiger partial charge in [-0.25, -0.2) is 4.98 Å². The average molecular weight is 267 g/mol. The number of anilines is 1. The third-order valence-corrected chi connectivity index (χ3v) is 3.04. The summed E-state index contributed by atoms with van der Waals surface area (Å²) in [6.07, 6.45) is 2.46. The molecular formula is C13H21N3OS. The number of aliphatic hydroxyl groups excluding tert-OH is 1. The molecule has 5 heteroatoms. The van der Waals surface area contributed by atoms with E-state index in [2.05, 4.69) is 23.7 Å². The first-order chi connectivity index (χ1) is 8.49. The van der Waals surface area contributed by atoms with Crippen LogP contribution in [0.3, 0.4) is 0 Å². The van der Waals surface area contributed by atoms with Gasteiger partial charge in [-0.3, -0.25) is 0 Å². The van der Waals surface area contributed by atoms with E-state index in [0.717, 1.165) is 23.5 Å². The number of nitrogens with two attached hydrogens (primary N) is 1. The Balaban J connectivity index is 3.19. The maximum atomic E-state index is 8.98. The van der Waals surface area contributed by atoms with Crippen molar-refractivity contribution in [2.24, 2.45) is 5.73 Å². The van der Waals surface area contributed by atoms with Crippen molar-refractivity contribution >= 4 is 23.0 Å². The lowest BCUT2D eigenvalue weighted by Gasteiger charge is -2.29. The van der Waals surface area contributed by atoms with Gasteiger partial charge in [0, 0.05) is 25.4 Å². The minimum atomic E-state index is 0.164. The Hall–Kier alpha value is -1.20. The summed E-state index contributed by atoms with van der Waals surface area (Å²) in [5.41, 5.74) is 7.66. The molecule has 1 rings (SSSR count). The summed E-state index contributed by atoms with van der Waals surface area (Å²) in [7, 11) is 0. The molecule has 0 aromatic carbocycles. The molecule has 1 heterocycles. The van der Waals surface area contributed by atoms with Crippen LogP contribution >= 0.6 is 12.2 Å². The van der Waals surface area contributed by atoms with Gasteiger partial charge in [-0.05, 0) is 38.8 Å². The van der Waals surface area contributed by atoms with E-state index >= 15 is 0 Å². The number of thiocarbonyl (C=S) groups is 1. The van der Waals surface area contributed by atoms with Gasteiger partial charge >= 0.3 is 0 Å². The van der Waals surface area contributed by atoms with Crippen molar-refractivity contribution < 1.29 is 5.11 Å². The summed E-state index contributed by atoms with van der Waals surface area (Å²) in [5, 5.41) is 8.98. The van der Waals surface area contributed by atoms with Crippen LogP contribution in [-0.4, -0.2) is 34.3 Å². The normalized spacial score (nSPS) is 10.7. The maximum Gasteiger partial charge on any atom is 0.139 e. The van der Waals surface area contributed by atoms with Crippen molar-refractivity contribution in [2.75, 3.05) is 18.1 Å². The summed E-state index contributed by atoms with van der Waals surface area (Å²) >= 11 is 5.12. The van der Waals surface area contributed by atoms with E-state index in [0.29, 0.717) is 11.4 Å². The summed E-state index contributed by atoms with van der Waals surface area (Å²) < 4.78 is 0. The monoisotopic (exact) mass is 267 g/mol.